The van der Waals surface area contributed by atoms with Crippen molar-refractivity contribution in [3.8, 4) is 5.75 Å². The van der Waals surface area contributed by atoms with Crippen LogP contribution in [0.5, 0.6) is 5.75 Å². The first kappa shape index (κ1) is 28.6. The van der Waals surface area contributed by atoms with Gasteiger partial charge in [-0.25, -0.2) is 0 Å². The van der Waals surface area contributed by atoms with E-state index in [-0.39, 0.29) is 16.8 Å². The van der Waals surface area contributed by atoms with Gasteiger partial charge in [0.15, 0.2) is 14.5 Å². The molecule has 0 aliphatic heterocycles. The average molecular weight is 563 g/mol. The number of aliphatic carboxylic acids is 1. The first-order valence-electron chi connectivity index (χ1n) is 11.7. The summed E-state index contributed by atoms with van der Waals surface area (Å²) >= 11 is 6.23. The number of carboxylic acids is 1. The Bertz CT molecular complexity index is 1180. The maximum atomic E-state index is 11.8. The molecule has 0 saturated carbocycles. The van der Waals surface area contributed by atoms with Crippen molar-refractivity contribution >= 4 is 58.4 Å². The van der Waals surface area contributed by atoms with Crippen LogP contribution in [0, 0.1) is 0 Å². The van der Waals surface area contributed by atoms with E-state index in [1.807, 2.05) is 13.0 Å². The van der Waals surface area contributed by atoms with E-state index < -0.39 is 5.97 Å². The molecule has 192 valence electrons. The molecule has 36 heavy (non-hydrogen) atoms. The fourth-order valence-corrected chi connectivity index (χ4v) is 7.48. The van der Waals surface area contributed by atoms with Crippen LogP contribution in [-0.4, -0.2) is 37.4 Å². The molecule has 0 fully saturated rings. The first-order chi connectivity index (χ1) is 17.3. The molecule has 1 unspecified atom stereocenters. The highest BCUT2D eigenvalue weighted by molar-refractivity contribution is 8.02. The predicted molar refractivity (Wildman–Crippen MR) is 151 cm³/mol. The van der Waals surface area contributed by atoms with Gasteiger partial charge >= 0.3 is 5.97 Å². The number of carboxylic acid groups (broad SMARTS) is 1. The standard InChI is InChI=1S/C26H30N2O4S4/c1-4-6-21-19(11-12-20(16(3)29)23(21)30)15-35-26-28-27-25(36-26)34-14-18-9-7-17(8-10-18)13-33-22(5-2)24(31)32/h7-12,22,30H,4-6,13-15H2,1-3H3,(H,31,32). The number of hydrogen-bond acceptors (Lipinski definition) is 9. The van der Waals surface area contributed by atoms with Crippen molar-refractivity contribution in [3.63, 3.8) is 0 Å². The monoisotopic (exact) mass is 562 g/mol. The number of benzene rings is 2. The largest absolute Gasteiger partial charge is 0.507 e. The summed E-state index contributed by atoms with van der Waals surface area (Å²) in [5, 5.41) is 28.0. The van der Waals surface area contributed by atoms with Gasteiger partial charge in [0.2, 0.25) is 0 Å². The lowest BCUT2D eigenvalue weighted by atomic mass is 9.98. The van der Waals surface area contributed by atoms with E-state index in [1.165, 1.54) is 24.2 Å². The Morgan fingerprint density at radius 1 is 0.944 bits per heavy atom. The van der Waals surface area contributed by atoms with Crippen molar-refractivity contribution in [2.45, 2.75) is 71.2 Å². The van der Waals surface area contributed by atoms with E-state index in [2.05, 4.69) is 41.4 Å². The van der Waals surface area contributed by atoms with Gasteiger partial charge in [-0.05, 0) is 48.1 Å². The smallest absolute Gasteiger partial charge is 0.316 e. The number of carbonyl (C=O) groups is 2. The summed E-state index contributed by atoms with van der Waals surface area (Å²) in [6.07, 6.45) is 2.22. The van der Waals surface area contributed by atoms with E-state index in [0.717, 1.165) is 44.0 Å². The second-order valence-corrected chi connectivity index (χ2v) is 12.8. The van der Waals surface area contributed by atoms with Gasteiger partial charge in [0.05, 0.1) is 5.56 Å². The minimum atomic E-state index is -0.754. The summed E-state index contributed by atoms with van der Waals surface area (Å²) in [5.41, 5.74) is 4.52. The van der Waals surface area contributed by atoms with Gasteiger partial charge < -0.3 is 10.2 Å². The van der Waals surface area contributed by atoms with Crippen LogP contribution in [0.1, 0.15) is 66.2 Å². The van der Waals surface area contributed by atoms with Gasteiger partial charge in [-0.15, -0.1) is 22.0 Å². The number of rotatable bonds is 14. The van der Waals surface area contributed by atoms with Gasteiger partial charge in [-0.2, -0.15) is 0 Å². The predicted octanol–water partition coefficient (Wildman–Crippen LogP) is 7.08. The SMILES string of the molecule is CCCc1c(CSc2nnc(SCc3ccc(CSC(CC)C(=O)O)cc3)s2)ccc(C(C)=O)c1O. The normalized spacial score (nSPS) is 12.0. The molecule has 0 amide bonds. The minimum Gasteiger partial charge on any atom is -0.507 e. The second-order valence-electron chi connectivity index (χ2n) is 8.18. The van der Waals surface area contributed by atoms with E-state index in [9.17, 15) is 19.8 Å². The summed E-state index contributed by atoms with van der Waals surface area (Å²) in [5.74, 6) is 1.33. The van der Waals surface area contributed by atoms with Crippen molar-refractivity contribution in [1.82, 2.24) is 10.2 Å². The van der Waals surface area contributed by atoms with Gasteiger partial charge in [0.25, 0.3) is 0 Å². The van der Waals surface area contributed by atoms with Crippen LogP contribution < -0.4 is 0 Å². The number of carbonyl (C=O) groups excluding carboxylic acids is 1. The van der Waals surface area contributed by atoms with E-state index in [1.54, 1.807) is 40.9 Å². The molecule has 0 radical (unpaired) electrons. The fraction of sp³-hybridized carbons (Fsp3) is 0.385. The molecule has 0 spiro atoms. The Balaban J connectivity index is 1.53. The highest BCUT2D eigenvalue weighted by atomic mass is 32.2. The summed E-state index contributed by atoms with van der Waals surface area (Å²) < 4.78 is 1.76. The molecule has 1 aromatic heterocycles. The van der Waals surface area contributed by atoms with Crippen molar-refractivity contribution < 1.29 is 19.8 Å². The lowest BCUT2D eigenvalue weighted by Gasteiger charge is -2.12. The number of aromatic hydroxyl groups is 1. The molecular formula is C26H30N2O4S4. The molecule has 1 heterocycles. The molecule has 2 aromatic carbocycles. The van der Waals surface area contributed by atoms with Crippen molar-refractivity contribution in [3.05, 3.63) is 64.2 Å². The van der Waals surface area contributed by atoms with Gasteiger partial charge in [-0.1, -0.05) is 85.5 Å². The van der Waals surface area contributed by atoms with E-state index in [0.29, 0.717) is 23.5 Å². The second kappa shape index (κ2) is 14.1. The summed E-state index contributed by atoms with van der Waals surface area (Å²) in [4.78, 5) is 23.0. The molecule has 10 heteroatoms. The number of phenols is 1. The van der Waals surface area contributed by atoms with Crippen LogP contribution in [0.15, 0.2) is 45.1 Å². The Kier molecular flexibility index (Phi) is 11.2. The molecular weight excluding hydrogens is 533 g/mol. The third-order valence-electron chi connectivity index (χ3n) is 5.48. The average Bonchev–Trinajstić information content (AvgIpc) is 3.31. The zero-order valence-electron chi connectivity index (χ0n) is 20.5. The molecule has 3 aromatic rings. The van der Waals surface area contributed by atoms with Crippen molar-refractivity contribution in [2.24, 2.45) is 0 Å². The highest BCUT2D eigenvalue weighted by Crippen LogP contribution is 2.35. The number of ketones is 1. The zero-order valence-corrected chi connectivity index (χ0v) is 23.8. The number of Topliss-reactive ketones (excluding diaryl/α,β-unsaturated/α-hetero) is 1. The van der Waals surface area contributed by atoms with Crippen LogP contribution >= 0.6 is 46.6 Å². The summed E-state index contributed by atoms with van der Waals surface area (Å²) in [7, 11) is 0. The Hall–Kier alpha value is -2.01. The van der Waals surface area contributed by atoms with Gasteiger partial charge in [0.1, 0.15) is 11.0 Å². The first-order valence-corrected chi connectivity index (χ1v) is 15.5. The third kappa shape index (κ3) is 7.99. The lowest BCUT2D eigenvalue weighted by molar-refractivity contribution is -0.136. The maximum Gasteiger partial charge on any atom is 0.316 e. The van der Waals surface area contributed by atoms with Gasteiger partial charge in [-0.3, -0.25) is 9.59 Å². The van der Waals surface area contributed by atoms with Crippen molar-refractivity contribution in [1.29, 1.82) is 0 Å². The van der Waals surface area contributed by atoms with Crippen LogP contribution in [-0.2, 0) is 28.5 Å². The van der Waals surface area contributed by atoms with E-state index >= 15 is 0 Å². The molecule has 0 aliphatic carbocycles. The molecule has 0 aliphatic rings. The van der Waals surface area contributed by atoms with Gasteiger partial charge in [0, 0.05) is 17.3 Å². The van der Waals surface area contributed by atoms with Crippen LogP contribution in [0.25, 0.3) is 0 Å². The molecule has 3 rings (SSSR count). The Morgan fingerprint density at radius 3 is 2.11 bits per heavy atom. The minimum absolute atomic E-state index is 0.104. The highest BCUT2D eigenvalue weighted by Gasteiger charge is 2.17. The number of aromatic nitrogens is 2. The lowest BCUT2D eigenvalue weighted by Crippen LogP contribution is -2.15. The molecule has 1 atom stereocenters. The fourth-order valence-electron chi connectivity index (χ4n) is 3.52. The number of thioether (sulfide) groups is 3. The number of hydrogen-bond donors (Lipinski definition) is 2. The topological polar surface area (TPSA) is 100 Å². The number of nitrogens with zero attached hydrogens (tertiary/aromatic N) is 2. The quantitative estimate of drug-likeness (QED) is 0.158. The molecule has 0 saturated heterocycles. The molecule has 2 N–H and O–H groups in total. The van der Waals surface area contributed by atoms with Crippen molar-refractivity contribution in [2.75, 3.05) is 0 Å². The van der Waals surface area contributed by atoms with Crippen LogP contribution in [0.2, 0.25) is 0 Å². The van der Waals surface area contributed by atoms with Crippen LogP contribution in [0.4, 0.5) is 0 Å². The molecule has 6 nitrogen and oxygen atoms in total. The summed E-state index contributed by atoms with van der Waals surface area (Å²) in [6.45, 7) is 5.42. The summed E-state index contributed by atoms with van der Waals surface area (Å²) in [6, 6.07) is 11.9. The van der Waals surface area contributed by atoms with E-state index in [4.69, 9.17) is 0 Å². The Labute approximate surface area is 228 Å². The number of phenolic OH excluding ortho intramolecular Hbond substituents is 1. The maximum absolute atomic E-state index is 11.8. The third-order valence-corrected chi connectivity index (χ3v) is 10.2. The van der Waals surface area contributed by atoms with Crippen LogP contribution in [0.3, 0.4) is 0 Å². The Morgan fingerprint density at radius 2 is 1.56 bits per heavy atom. The zero-order chi connectivity index (χ0) is 26.1. The molecule has 0 bridgehead atoms.